The largest absolute Gasteiger partial charge is 0.334 e. The molecule has 0 aliphatic carbocycles. The van der Waals surface area contributed by atoms with Crippen LogP contribution in [0.2, 0.25) is 0 Å². The smallest absolute Gasteiger partial charge is 0.320 e. The maximum absolute atomic E-state index is 11.8. The highest BCUT2D eigenvalue weighted by molar-refractivity contribution is 5.88. The molecular weight excluding hydrogens is 370 g/mol. The van der Waals surface area contributed by atoms with Crippen LogP contribution >= 0.6 is 0 Å². The molecule has 0 unspecified atom stereocenters. The van der Waals surface area contributed by atoms with E-state index in [9.17, 15) is 4.79 Å². The van der Waals surface area contributed by atoms with E-state index in [1.54, 1.807) is 12.3 Å². The highest BCUT2D eigenvalue weighted by atomic mass is 16.2. The minimum Gasteiger partial charge on any atom is -0.334 e. The average Bonchev–Trinajstić information content (AvgIpc) is 2.68. The summed E-state index contributed by atoms with van der Waals surface area (Å²) in [5, 5.41) is 5.54. The molecule has 0 radical (unpaired) electrons. The summed E-state index contributed by atoms with van der Waals surface area (Å²) < 4.78 is 0. The van der Waals surface area contributed by atoms with Crippen LogP contribution in [-0.4, -0.2) is 17.6 Å². The van der Waals surface area contributed by atoms with E-state index in [-0.39, 0.29) is 6.03 Å². The van der Waals surface area contributed by atoms with Gasteiger partial charge in [-0.3, -0.25) is 5.32 Å². The molecule has 1 rings (SSSR count). The first-order valence-electron chi connectivity index (χ1n) is 10.9. The molecular formula is C26H39N3O. The molecule has 1 heterocycles. The number of aromatic nitrogens is 1. The van der Waals surface area contributed by atoms with Gasteiger partial charge in [-0.2, -0.15) is 0 Å². The molecule has 164 valence electrons. The van der Waals surface area contributed by atoms with E-state index in [0.717, 1.165) is 38.5 Å². The van der Waals surface area contributed by atoms with Crippen molar-refractivity contribution in [3.05, 3.63) is 71.0 Å². The van der Waals surface area contributed by atoms with E-state index in [2.05, 4.69) is 74.5 Å². The Kier molecular flexibility index (Phi) is 12.9. The Morgan fingerprint density at radius 1 is 0.833 bits per heavy atom. The maximum atomic E-state index is 11.8. The van der Waals surface area contributed by atoms with Gasteiger partial charge < -0.3 is 5.32 Å². The molecule has 1 aromatic heterocycles. The van der Waals surface area contributed by atoms with Crippen molar-refractivity contribution in [2.45, 2.75) is 73.1 Å². The van der Waals surface area contributed by atoms with Gasteiger partial charge in [0.05, 0.1) is 0 Å². The molecule has 0 aliphatic rings. The monoisotopic (exact) mass is 409 g/mol. The molecule has 0 aromatic carbocycles. The fourth-order valence-corrected chi connectivity index (χ4v) is 2.90. The molecule has 2 N–H and O–H groups in total. The fourth-order valence-electron chi connectivity index (χ4n) is 2.90. The van der Waals surface area contributed by atoms with Crippen molar-refractivity contribution in [2.24, 2.45) is 0 Å². The van der Waals surface area contributed by atoms with E-state index >= 15 is 0 Å². The molecule has 0 bridgehead atoms. The first kappa shape index (κ1) is 25.4. The number of allylic oxidation sites excluding steroid dienone is 7. The van der Waals surface area contributed by atoms with Crippen LogP contribution in [0.5, 0.6) is 0 Å². The van der Waals surface area contributed by atoms with Crippen molar-refractivity contribution >= 4 is 11.8 Å². The van der Waals surface area contributed by atoms with Crippen LogP contribution in [0.3, 0.4) is 0 Å². The number of urea groups is 1. The Morgan fingerprint density at radius 3 is 1.93 bits per heavy atom. The number of carbonyl (C=O) groups excluding carboxylic acids is 1. The van der Waals surface area contributed by atoms with Crippen LogP contribution in [0.1, 0.15) is 73.1 Å². The molecule has 0 aliphatic heterocycles. The fraction of sp³-hybridized carbons (Fsp3) is 0.462. The van der Waals surface area contributed by atoms with E-state index in [0.29, 0.717) is 12.4 Å². The van der Waals surface area contributed by atoms with Crippen molar-refractivity contribution < 1.29 is 4.79 Å². The number of rotatable bonds is 12. The highest BCUT2D eigenvalue weighted by Crippen LogP contribution is 2.13. The van der Waals surface area contributed by atoms with Gasteiger partial charge >= 0.3 is 6.03 Å². The Hall–Kier alpha value is -2.62. The van der Waals surface area contributed by atoms with Crippen LogP contribution in [0.4, 0.5) is 10.6 Å². The third kappa shape index (κ3) is 13.5. The first-order valence-corrected chi connectivity index (χ1v) is 10.9. The number of hydrogen-bond donors (Lipinski definition) is 2. The van der Waals surface area contributed by atoms with Crippen molar-refractivity contribution in [3.8, 4) is 0 Å². The number of carbonyl (C=O) groups is 1. The van der Waals surface area contributed by atoms with Gasteiger partial charge in [0, 0.05) is 12.7 Å². The van der Waals surface area contributed by atoms with Gasteiger partial charge in [-0.15, -0.1) is 0 Å². The Labute approximate surface area is 183 Å². The lowest BCUT2D eigenvalue weighted by Gasteiger charge is -2.05. The number of nitrogens with zero attached hydrogens (tertiary/aromatic N) is 1. The van der Waals surface area contributed by atoms with Crippen molar-refractivity contribution in [3.63, 3.8) is 0 Å². The lowest BCUT2D eigenvalue weighted by atomic mass is 10.0. The summed E-state index contributed by atoms with van der Waals surface area (Å²) in [5.74, 6) is 0.550. The Balaban J connectivity index is 2.21. The number of amides is 2. The minimum absolute atomic E-state index is 0.238. The standard InChI is InChI=1S/C26H39N3O/c1-21(2)11-8-12-22(3)13-9-14-23(4)15-10-16-24(5)18-20-28-26(30)29-25-17-6-7-19-27-25/h6-7,11,13,15,17-19H,8-10,12,14,16,20H2,1-5H3,(H2,27,28,29,30). The Bertz CT molecular complexity index is 754. The summed E-state index contributed by atoms with van der Waals surface area (Å²) >= 11 is 0. The second-order valence-corrected chi connectivity index (χ2v) is 8.10. The number of nitrogens with one attached hydrogen (secondary N) is 2. The van der Waals surface area contributed by atoms with Gasteiger partial charge in [-0.25, -0.2) is 9.78 Å². The second kappa shape index (κ2) is 15.3. The van der Waals surface area contributed by atoms with E-state index in [4.69, 9.17) is 0 Å². The number of hydrogen-bond acceptors (Lipinski definition) is 2. The normalized spacial score (nSPS) is 12.5. The highest BCUT2D eigenvalue weighted by Gasteiger charge is 2.00. The van der Waals surface area contributed by atoms with Gasteiger partial charge in [-0.1, -0.05) is 52.7 Å². The van der Waals surface area contributed by atoms with Crippen LogP contribution in [0.15, 0.2) is 71.0 Å². The summed E-state index contributed by atoms with van der Waals surface area (Å²) in [6.45, 7) is 11.4. The van der Waals surface area contributed by atoms with Gasteiger partial charge in [0.15, 0.2) is 0 Å². The molecule has 0 spiro atoms. The molecule has 2 amide bonds. The van der Waals surface area contributed by atoms with Crippen LogP contribution in [0.25, 0.3) is 0 Å². The quantitative estimate of drug-likeness (QED) is 0.355. The average molecular weight is 410 g/mol. The zero-order valence-electron chi connectivity index (χ0n) is 19.4. The molecule has 1 aromatic rings. The zero-order valence-corrected chi connectivity index (χ0v) is 19.4. The first-order chi connectivity index (χ1) is 14.4. The zero-order chi connectivity index (χ0) is 22.2. The number of pyridine rings is 1. The third-order valence-corrected chi connectivity index (χ3v) is 4.77. The third-order valence-electron chi connectivity index (χ3n) is 4.77. The summed E-state index contributed by atoms with van der Waals surface area (Å²) in [4.78, 5) is 15.9. The van der Waals surface area contributed by atoms with Gasteiger partial charge in [0.2, 0.25) is 0 Å². The lowest BCUT2D eigenvalue weighted by Crippen LogP contribution is -2.29. The van der Waals surface area contributed by atoms with Crippen molar-refractivity contribution in [1.82, 2.24) is 10.3 Å². The lowest BCUT2D eigenvalue weighted by molar-refractivity contribution is 0.253. The van der Waals surface area contributed by atoms with Crippen LogP contribution < -0.4 is 10.6 Å². The molecule has 30 heavy (non-hydrogen) atoms. The summed E-state index contributed by atoms with van der Waals surface area (Å²) in [6, 6.07) is 5.18. The van der Waals surface area contributed by atoms with Crippen LogP contribution in [0, 0.1) is 0 Å². The van der Waals surface area contributed by atoms with Gasteiger partial charge in [0.1, 0.15) is 5.82 Å². The van der Waals surface area contributed by atoms with E-state index in [1.807, 2.05) is 12.1 Å². The summed E-state index contributed by atoms with van der Waals surface area (Å²) in [7, 11) is 0. The predicted molar refractivity (Wildman–Crippen MR) is 130 cm³/mol. The molecule has 0 fully saturated rings. The topological polar surface area (TPSA) is 54.0 Å². The SMILES string of the molecule is CC(C)=CCCC(C)=CCCC(C)=CCCC(C)=CCNC(=O)Nc1ccccn1. The molecule has 0 saturated carbocycles. The van der Waals surface area contributed by atoms with E-state index in [1.165, 1.54) is 22.3 Å². The minimum atomic E-state index is -0.238. The Morgan fingerprint density at radius 2 is 1.40 bits per heavy atom. The van der Waals surface area contributed by atoms with Crippen molar-refractivity contribution in [2.75, 3.05) is 11.9 Å². The van der Waals surface area contributed by atoms with Gasteiger partial charge in [-0.05, 0) is 85.3 Å². The second-order valence-electron chi connectivity index (χ2n) is 8.10. The molecule has 0 saturated heterocycles. The number of anilines is 1. The van der Waals surface area contributed by atoms with Gasteiger partial charge in [0.25, 0.3) is 0 Å². The van der Waals surface area contributed by atoms with E-state index < -0.39 is 0 Å². The molecule has 4 nitrogen and oxygen atoms in total. The van der Waals surface area contributed by atoms with Crippen molar-refractivity contribution in [1.29, 1.82) is 0 Å². The predicted octanol–water partition coefficient (Wildman–Crippen LogP) is 7.35. The van der Waals surface area contributed by atoms with Crippen LogP contribution in [-0.2, 0) is 0 Å². The maximum Gasteiger partial charge on any atom is 0.320 e. The summed E-state index contributed by atoms with van der Waals surface area (Å²) in [6.07, 6.45) is 17.3. The molecule has 4 heteroatoms. The summed E-state index contributed by atoms with van der Waals surface area (Å²) in [5.41, 5.74) is 5.62. The molecule has 0 atom stereocenters.